The van der Waals surface area contributed by atoms with Crippen LogP contribution < -0.4 is 16.0 Å². The van der Waals surface area contributed by atoms with Crippen molar-refractivity contribution in [1.82, 2.24) is 15.6 Å². The van der Waals surface area contributed by atoms with Gasteiger partial charge in [-0.15, -0.1) is 11.8 Å². The summed E-state index contributed by atoms with van der Waals surface area (Å²) in [7, 11) is 0. The molecule has 0 aliphatic carbocycles. The number of nitrogens with one attached hydrogen (secondary N) is 3. The monoisotopic (exact) mass is 378 g/mol. The molecule has 0 radical (unpaired) electrons. The highest BCUT2D eigenvalue weighted by Crippen LogP contribution is 2.27. The molecule has 1 aromatic heterocycles. The third-order valence-corrected chi connectivity index (χ3v) is 6.19. The zero-order chi connectivity index (χ0) is 18.0. The lowest BCUT2D eigenvalue weighted by Crippen LogP contribution is -2.59. The molecule has 2 amide bonds. The first-order chi connectivity index (χ1) is 12.0. The SMILES string of the molecule is CCC1C(=O)NC(SCC(=O)Nc2nc3ccc(C)cc3s2)NC1C. The van der Waals surface area contributed by atoms with Gasteiger partial charge in [0.05, 0.1) is 21.9 Å². The number of thiazole rings is 1. The fourth-order valence-corrected chi connectivity index (χ4v) is 4.77. The predicted octanol–water partition coefficient (Wildman–Crippen LogP) is 2.69. The molecule has 25 heavy (non-hydrogen) atoms. The fourth-order valence-electron chi connectivity index (χ4n) is 2.89. The number of carbonyl (C=O) groups excluding carboxylic acids is 2. The van der Waals surface area contributed by atoms with Crippen molar-refractivity contribution in [3.63, 3.8) is 0 Å². The summed E-state index contributed by atoms with van der Waals surface area (Å²) in [6, 6.07) is 6.13. The Morgan fingerprint density at radius 3 is 2.96 bits per heavy atom. The summed E-state index contributed by atoms with van der Waals surface area (Å²) in [4.78, 5) is 28.6. The summed E-state index contributed by atoms with van der Waals surface area (Å²) >= 11 is 2.84. The van der Waals surface area contributed by atoms with Gasteiger partial charge >= 0.3 is 0 Å². The number of aryl methyl sites for hydroxylation is 1. The summed E-state index contributed by atoms with van der Waals surface area (Å²) in [6.45, 7) is 6.04. The highest BCUT2D eigenvalue weighted by Gasteiger charge is 2.32. The molecule has 3 N–H and O–H groups in total. The molecule has 0 spiro atoms. The number of aromatic nitrogens is 1. The largest absolute Gasteiger partial charge is 0.331 e. The molecule has 3 rings (SSSR count). The topological polar surface area (TPSA) is 83.1 Å². The van der Waals surface area contributed by atoms with Crippen molar-refractivity contribution < 1.29 is 9.59 Å². The van der Waals surface area contributed by atoms with Crippen LogP contribution in [0.2, 0.25) is 0 Å². The Balaban J connectivity index is 1.53. The molecular weight excluding hydrogens is 356 g/mol. The zero-order valence-electron chi connectivity index (χ0n) is 14.5. The molecule has 2 aromatic rings. The average molecular weight is 379 g/mol. The quantitative estimate of drug-likeness (QED) is 0.745. The summed E-state index contributed by atoms with van der Waals surface area (Å²) in [6.07, 6.45) is 0.801. The van der Waals surface area contributed by atoms with Crippen LogP contribution in [0.25, 0.3) is 10.2 Å². The van der Waals surface area contributed by atoms with Gasteiger partial charge in [-0.3, -0.25) is 14.9 Å². The first-order valence-electron chi connectivity index (χ1n) is 8.31. The van der Waals surface area contributed by atoms with Gasteiger partial charge in [-0.05, 0) is 38.0 Å². The molecule has 1 fully saturated rings. The second kappa shape index (κ2) is 7.72. The second-order valence-corrected chi connectivity index (χ2v) is 8.33. The van der Waals surface area contributed by atoms with Gasteiger partial charge in [-0.1, -0.05) is 24.3 Å². The van der Waals surface area contributed by atoms with Crippen molar-refractivity contribution in [2.24, 2.45) is 5.92 Å². The van der Waals surface area contributed by atoms with Crippen LogP contribution in [-0.2, 0) is 9.59 Å². The molecular formula is C17H22N4O2S2. The van der Waals surface area contributed by atoms with Crippen LogP contribution in [-0.4, -0.2) is 34.1 Å². The van der Waals surface area contributed by atoms with E-state index in [2.05, 4.69) is 27.0 Å². The number of benzene rings is 1. The molecule has 6 nitrogen and oxygen atoms in total. The van der Waals surface area contributed by atoms with Crippen LogP contribution in [0.15, 0.2) is 18.2 Å². The van der Waals surface area contributed by atoms with Crippen molar-refractivity contribution >= 4 is 50.3 Å². The molecule has 3 atom stereocenters. The first-order valence-corrected chi connectivity index (χ1v) is 10.2. The van der Waals surface area contributed by atoms with Crippen LogP contribution >= 0.6 is 23.1 Å². The van der Waals surface area contributed by atoms with Crippen molar-refractivity contribution in [3.8, 4) is 0 Å². The molecule has 1 saturated heterocycles. The summed E-state index contributed by atoms with van der Waals surface area (Å²) < 4.78 is 1.06. The lowest BCUT2D eigenvalue weighted by molar-refractivity contribution is -0.128. The van der Waals surface area contributed by atoms with Gasteiger partial charge in [0.25, 0.3) is 0 Å². The average Bonchev–Trinajstić information content (AvgIpc) is 2.94. The lowest BCUT2D eigenvalue weighted by atomic mass is 9.96. The number of hydrogen-bond donors (Lipinski definition) is 3. The molecule has 134 valence electrons. The molecule has 1 aromatic carbocycles. The third-order valence-electron chi connectivity index (χ3n) is 4.24. The highest BCUT2D eigenvalue weighted by molar-refractivity contribution is 8.00. The summed E-state index contributed by atoms with van der Waals surface area (Å²) in [5.74, 6) is 0.156. The Hall–Kier alpha value is -1.64. The van der Waals surface area contributed by atoms with Gasteiger partial charge in [-0.2, -0.15) is 0 Å². The smallest absolute Gasteiger partial charge is 0.236 e. The molecule has 1 aliphatic heterocycles. The molecule has 0 bridgehead atoms. The summed E-state index contributed by atoms with van der Waals surface area (Å²) in [5.41, 5.74) is 1.82. The minimum absolute atomic E-state index is 0.0168. The van der Waals surface area contributed by atoms with Gasteiger partial charge in [0.15, 0.2) is 5.13 Å². The van der Waals surface area contributed by atoms with Gasteiger partial charge in [0.2, 0.25) is 11.8 Å². The molecule has 0 saturated carbocycles. The van der Waals surface area contributed by atoms with Crippen molar-refractivity contribution in [2.45, 2.75) is 38.7 Å². The number of amides is 2. The van der Waals surface area contributed by atoms with E-state index in [1.54, 1.807) is 0 Å². The first kappa shape index (κ1) is 18.2. The van der Waals surface area contributed by atoms with E-state index in [0.29, 0.717) is 5.13 Å². The molecule has 3 unspecified atom stereocenters. The molecule has 8 heteroatoms. The normalized spacial score (nSPS) is 23.5. The van der Waals surface area contributed by atoms with E-state index >= 15 is 0 Å². The van der Waals surface area contributed by atoms with E-state index in [0.717, 1.165) is 16.6 Å². The zero-order valence-corrected chi connectivity index (χ0v) is 16.1. The highest BCUT2D eigenvalue weighted by atomic mass is 32.2. The second-order valence-electron chi connectivity index (χ2n) is 6.21. The molecule has 1 aliphatic rings. The van der Waals surface area contributed by atoms with Gasteiger partial charge in [-0.25, -0.2) is 4.98 Å². The number of rotatable bonds is 5. The number of carbonyl (C=O) groups is 2. The maximum atomic E-state index is 12.2. The van der Waals surface area contributed by atoms with Gasteiger partial charge < -0.3 is 10.6 Å². The number of anilines is 1. The van der Waals surface area contributed by atoms with Gasteiger partial charge in [0, 0.05) is 6.04 Å². The molecule has 2 heterocycles. The van der Waals surface area contributed by atoms with E-state index in [9.17, 15) is 9.59 Å². The van der Waals surface area contributed by atoms with E-state index in [1.165, 1.54) is 28.7 Å². The van der Waals surface area contributed by atoms with Crippen molar-refractivity contribution in [2.75, 3.05) is 11.1 Å². The fraction of sp³-hybridized carbons (Fsp3) is 0.471. The third kappa shape index (κ3) is 4.31. The lowest BCUT2D eigenvalue weighted by Gasteiger charge is -2.34. The van der Waals surface area contributed by atoms with E-state index in [1.807, 2.05) is 32.9 Å². The summed E-state index contributed by atoms with van der Waals surface area (Å²) in [5, 5.41) is 9.69. The Morgan fingerprint density at radius 1 is 1.44 bits per heavy atom. The van der Waals surface area contributed by atoms with E-state index in [4.69, 9.17) is 0 Å². The van der Waals surface area contributed by atoms with Crippen LogP contribution in [0.3, 0.4) is 0 Å². The number of thioether (sulfide) groups is 1. The Labute approximate surface area is 155 Å². The van der Waals surface area contributed by atoms with Crippen LogP contribution in [0.5, 0.6) is 0 Å². The van der Waals surface area contributed by atoms with Crippen LogP contribution in [0, 0.1) is 12.8 Å². The Morgan fingerprint density at radius 2 is 2.24 bits per heavy atom. The maximum Gasteiger partial charge on any atom is 0.236 e. The minimum atomic E-state index is -0.242. The van der Waals surface area contributed by atoms with E-state index in [-0.39, 0.29) is 35.0 Å². The number of hydrogen-bond acceptors (Lipinski definition) is 6. The van der Waals surface area contributed by atoms with Crippen LogP contribution in [0.1, 0.15) is 25.8 Å². The Bertz CT molecular complexity index is 792. The maximum absolute atomic E-state index is 12.2. The van der Waals surface area contributed by atoms with Crippen LogP contribution in [0.4, 0.5) is 5.13 Å². The van der Waals surface area contributed by atoms with Crippen molar-refractivity contribution in [1.29, 1.82) is 0 Å². The van der Waals surface area contributed by atoms with E-state index < -0.39 is 0 Å². The van der Waals surface area contributed by atoms with Gasteiger partial charge in [0.1, 0.15) is 5.50 Å². The minimum Gasteiger partial charge on any atom is -0.331 e. The predicted molar refractivity (Wildman–Crippen MR) is 104 cm³/mol. The standard InChI is InChI=1S/C17H22N4O2S2/c1-4-11-10(3)18-16(21-15(11)23)24-8-14(22)20-17-19-12-6-5-9(2)7-13(12)25-17/h5-7,10-11,16,18H,4,8H2,1-3H3,(H,21,23)(H,19,20,22). The van der Waals surface area contributed by atoms with Crippen molar-refractivity contribution in [3.05, 3.63) is 23.8 Å². The number of nitrogens with zero attached hydrogens (tertiary/aromatic N) is 1. The Kier molecular flexibility index (Phi) is 5.61. The number of fused-ring (bicyclic) bond motifs is 1.